The van der Waals surface area contributed by atoms with Crippen molar-refractivity contribution in [2.75, 3.05) is 11.9 Å². The third-order valence-electron chi connectivity index (χ3n) is 4.72. The van der Waals surface area contributed by atoms with Crippen LogP contribution >= 0.6 is 12.2 Å². The Morgan fingerprint density at radius 2 is 2.00 bits per heavy atom. The summed E-state index contributed by atoms with van der Waals surface area (Å²) < 4.78 is 14.4. The van der Waals surface area contributed by atoms with Gasteiger partial charge in [-0.2, -0.15) is 5.26 Å². The van der Waals surface area contributed by atoms with E-state index in [4.69, 9.17) is 17.5 Å². The predicted molar refractivity (Wildman–Crippen MR) is 100 cm³/mol. The van der Waals surface area contributed by atoms with Gasteiger partial charge in [0.2, 0.25) is 0 Å². The molecule has 2 rings (SSSR count). The largest absolute Gasteiger partial charge is 0.355 e. The smallest absolute Gasteiger partial charge is 0.254 e. The molecule has 0 aliphatic carbocycles. The van der Waals surface area contributed by atoms with Crippen LogP contribution in [-0.2, 0) is 4.79 Å². The fourth-order valence-electron chi connectivity index (χ4n) is 2.91. The van der Waals surface area contributed by atoms with Gasteiger partial charge in [0.1, 0.15) is 11.4 Å². The van der Waals surface area contributed by atoms with Crippen molar-refractivity contribution < 1.29 is 14.0 Å². The maximum absolute atomic E-state index is 14.4. The normalized spacial score (nSPS) is 18.5. The van der Waals surface area contributed by atoms with Gasteiger partial charge in [-0.05, 0) is 58.1 Å². The topological polar surface area (TPSA) is 76.4 Å². The van der Waals surface area contributed by atoms with Crippen LogP contribution in [0.3, 0.4) is 0 Å². The molecular weight excluding hydrogens is 355 g/mol. The molecule has 2 amide bonds. The van der Waals surface area contributed by atoms with Gasteiger partial charge in [-0.3, -0.25) is 14.5 Å². The average Bonchev–Trinajstić information content (AvgIpc) is 2.77. The Morgan fingerprint density at radius 3 is 2.50 bits per heavy atom. The zero-order chi connectivity index (χ0) is 19.8. The first-order valence-corrected chi connectivity index (χ1v) is 8.57. The molecule has 1 heterocycles. The molecule has 0 radical (unpaired) electrons. The van der Waals surface area contributed by atoms with E-state index < -0.39 is 29.2 Å². The van der Waals surface area contributed by atoms with Gasteiger partial charge in [0, 0.05) is 12.7 Å². The van der Waals surface area contributed by atoms with E-state index in [9.17, 15) is 14.0 Å². The van der Waals surface area contributed by atoms with Crippen molar-refractivity contribution in [2.24, 2.45) is 5.92 Å². The number of halogens is 1. The van der Waals surface area contributed by atoms with Crippen molar-refractivity contribution >= 4 is 34.8 Å². The van der Waals surface area contributed by atoms with Gasteiger partial charge in [-0.15, -0.1) is 0 Å². The Bertz CT molecular complexity index is 818. The number of carbonyl (C=O) groups is 2. The van der Waals surface area contributed by atoms with Crippen molar-refractivity contribution in [2.45, 2.75) is 39.3 Å². The van der Waals surface area contributed by atoms with Crippen LogP contribution in [0.15, 0.2) is 18.2 Å². The van der Waals surface area contributed by atoms with Crippen LogP contribution < -0.4 is 10.2 Å². The van der Waals surface area contributed by atoms with E-state index in [1.54, 1.807) is 38.7 Å². The molecule has 0 bridgehead atoms. The number of anilines is 1. The van der Waals surface area contributed by atoms with Crippen LogP contribution in [0.2, 0.25) is 0 Å². The standard InChI is InChI=1S/C18H21FN4O2S/c1-10(9-20)11(2)22-16(25)18(3,4)23(17(22)26)12-6-7-13(14(19)8-12)15(24)21-5/h6-8,10-11H,1-5H3,(H,21,24)/t10-,11?/m0/s1. The van der Waals surface area contributed by atoms with E-state index in [-0.39, 0.29) is 16.6 Å². The minimum absolute atomic E-state index is 0.0891. The summed E-state index contributed by atoms with van der Waals surface area (Å²) in [5, 5.41) is 11.7. The average molecular weight is 376 g/mol. The van der Waals surface area contributed by atoms with E-state index in [1.165, 1.54) is 24.1 Å². The molecule has 1 aliphatic rings. The molecule has 138 valence electrons. The summed E-state index contributed by atoms with van der Waals surface area (Å²) in [6.07, 6.45) is 0. The Labute approximate surface area is 157 Å². The fourth-order valence-corrected chi connectivity index (χ4v) is 3.49. The lowest BCUT2D eigenvalue weighted by Crippen LogP contribution is -2.45. The third-order valence-corrected chi connectivity index (χ3v) is 5.09. The predicted octanol–water partition coefficient (Wildman–Crippen LogP) is 2.45. The second-order valence-electron chi connectivity index (χ2n) is 6.75. The molecule has 0 saturated carbocycles. The van der Waals surface area contributed by atoms with Gasteiger partial charge in [0.05, 0.1) is 23.6 Å². The second-order valence-corrected chi connectivity index (χ2v) is 7.12. The molecule has 2 atom stereocenters. The van der Waals surface area contributed by atoms with Crippen LogP contribution in [0.25, 0.3) is 0 Å². The van der Waals surface area contributed by atoms with Crippen molar-refractivity contribution in [1.29, 1.82) is 5.26 Å². The molecule has 1 aromatic rings. The number of nitrogens with one attached hydrogen (secondary N) is 1. The molecule has 8 heteroatoms. The van der Waals surface area contributed by atoms with Gasteiger partial charge >= 0.3 is 0 Å². The van der Waals surface area contributed by atoms with Gasteiger partial charge in [0.25, 0.3) is 11.8 Å². The molecule has 1 saturated heterocycles. The molecule has 1 aromatic carbocycles. The summed E-state index contributed by atoms with van der Waals surface area (Å²) in [5.41, 5.74) is -0.756. The number of rotatable bonds is 4. The number of amides is 2. The van der Waals surface area contributed by atoms with Crippen LogP contribution in [0.5, 0.6) is 0 Å². The van der Waals surface area contributed by atoms with Crippen LogP contribution in [0.4, 0.5) is 10.1 Å². The van der Waals surface area contributed by atoms with Crippen LogP contribution in [0, 0.1) is 23.1 Å². The lowest BCUT2D eigenvalue weighted by atomic mass is 10.00. The quantitative estimate of drug-likeness (QED) is 0.817. The number of hydrogen-bond donors (Lipinski definition) is 1. The number of thiocarbonyl (C=S) groups is 1. The lowest BCUT2D eigenvalue weighted by Gasteiger charge is -2.30. The molecule has 1 N–H and O–H groups in total. The zero-order valence-electron chi connectivity index (χ0n) is 15.3. The number of benzene rings is 1. The van der Waals surface area contributed by atoms with Crippen LogP contribution in [-0.4, -0.2) is 40.5 Å². The molecule has 26 heavy (non-hydrogen) atoms. The first kappa shape index (κ1) is 19.8. The van der Waals surface area contributed by atoms with Crippen LogP contribution in [0.1, 0.15) is 38.1 Å². The summed E-state index contributed by atoms with van der Waals surface area (Å²) in [4.78, 5) is 27.6. The highest BCUT2D eigenvalue weighted by atomic mass is 32.1. The van der Waals surface area contributed by atoms with Gasteiger partial charge < -0.3 is 10.2 Å². The van der Waals surface area contributed by atoms with Crippen molar-refractivity contribution in [1.82, 2.24) is 10.2 Å². The molecule has 0 aromatic heterocycles. The Morgan fingerprint density at radius 1 is 1.38 bits per heavy atom. The van der Waals surface area contributed by atoms with Gasteiger partial charge in [-0.1, -0.05) is 0 Å². The summed E-state index contributed by atoms with van der Waals surface area (Å²) in [7, 11) is 1.42. The number of nitrogens with zero attached hydrogens (tertiary/aromatic N) is 3. The summed E-state index contributed by atoms with van der Waals surface area (Å²) in [6.45, 7) is 6.85. The molecule has 6 nitrogen and oxygen atoms in total. The second kappa shape index (κ2) is 7.00. The highest BCUT2D eigenvalue weighted by Gasteiger charge is 2.51. The zero-order valence-corrected chi connectivity index (χ0v) is 16.1. The number of nitriles is 1. The molecule has 1 fully saturated rings. The van der Waals surface area contributed by atoms with Gasteiger partial charge in [0.15, 0.2) is 5.11 Å². The third kappa shape index (κ3) is 3.03. The highest BCUT2D eigenvalue weighted by molar-refractivity contribution is 7.80. The lowest BCUT2D eigenvalue weighted by molar-refractivity contribution is -0.131. The maximum atomic E-state index is 14.4. The first-order valence-electron chi connectivity index (χ1n) is 8.17. The summed E-state index contributed by atoms with van der Waals surface area (Å²) >= 11 is 5.48. The molecular formula is C18H21FN4O2S. The molecule has 1 aliphatic heterocycles. The summed E-state index contributed by atoms with van der Waals surface area (Å²) in [5.74, 6) is -1.91. The fraction of sp³-hybridized carbons (Fsp3) is 0.444. The minimum atomic E-state index is -1.04. The number of carbonyl (C=O) groups excluding carboxylic acids is 2. The molecule has 1 unspecified atom stereocenters. The van der Waals surface area contributed by atoms with Crippen molar-refractivity contribution in [3.63, 3.8) is 0 Å². The maximum Gasteiger partial charge on any atom is 0.254 e. The Hall–Kier alpha value is -2.53. The number of hydrogen-bond acceptors (Lipinski definition) is 4. The van der Waals surface area contributed by atoms with E-state index in [0.29, 0.717) is 5.69 Å². The van der Waals surface area contributed by atoms with Crippen molar-refractivity contribution in [3.05, 3.63) is 29.6 Å². The Kier molecular flexibility index (Phi) is 5.33. The van der Waals surface area contributed by atoms with E-state index >= 15 is 0 Å². The Balaban J connectivity index is 2.48. The SMILES string of the molecule is CNC(=O)c1ccc(N2C(=S)N(C(C)[C@@H](C)C#N)C(=O)C2(C)C)cc1F. The van der Waals surface area contributed by atoms with E-state index in [1.807, 2.05) is 0 Å². The van der Waals surface area contributed by atoms with Crippen molar-refractivity contribution in [3.8, 4) is 6.07 Å². The monoisotopic (exact) mass is 376 g/mol. The summed E-state index contributed by atoms with van der Waals surface area (Å²) in [6, 6.07) is 5.80. The van der Waals surface area contributed by atoms with Gasteiger partial charge in [-0.25, -0.2) is 4.39 Å². The molecule has 0 spiro atoms. The van der Waals surface area contributed by atoms with E-state index in [2.05, 4.69) is 11.4 Å². The first-order chi connectivity index (χ1) is 12.1. The minimum Gasteiger partial charge on any atom is -0.355 e. The highest BCUT2D eigenvalue weighted by Crippen LogP contribution is 2.36. The van der Waals surface area contributed by atoms with E-state index in [0.717, 1.165) is 0 Å².